The molecule has 17 heavy (non-hydrogen) atoms. The zero-order chi connectivity index (χ0) is 12.5. The Morgan fingerprint density at radius 3 is 2.82 bits per heavy atom. The molecule has 0 aliphatic heterocycles. The molecule has 4 nitrogen and oxygen atoms in total. The van der Waals surface area contributed by atoms with E-state index in [1.54, 1.807) is 17.7 Å². The van der Waals surface area contributed by atoms with Gasteiger partial charge < -0.3 is 11.1 Å². The summed E-state index contributed by atoms with van der Waals surface area (Å²) in [4.78, 5) is 8.54. The molecule has 92 valence electrons. The van der Waals surface area contributed by atoms with Gasteiger partial charge in [-0.3, -0.25) is 0 Å². The van der Waals surface area contributed by atoms with E-state index in [-0.39, 0.29) is 11.5 Å². The molecule has 0 spiro atoms. The molecule has 2 heterocycles. The number of hydrogen-bond acceptors (Lipinski definition) is 5. The molecule has 0 aliphatic carbocycles. The molecule has 3 N–H and O–H groups in total. The van der Waals surface area contributed by atoms with E-state index in [1.807, 2.05) is 11.4 Å². The van der Waals surface area contributed by atoms with Gasteiger partial charge in [0.25, 0.3) is 0 Å². The van der Waals surface area contributed by atoms with Crippen LogP contribution in [0, 0.1) is 5.41 Å². The van der Waals surface area contributed by atoms with E-state index in [0.717, 1.165) is 16.0 Å². The molecule has 2 rings (SSSR count). The lowest BCUT2D eigenvalue weighted by atomic mass is 9.87. The summed E-state index contributed by atoms with van der Waals surface area (Å²) >= 11 is 1.65. The van der Waals surface area contributed by atoms with E-state index in [2.05, 4.69) is 36.1 Å². The Morgan fingerprint density at radius 1 is 1.41 bits per heavy atom. The lowest BCUT2D eigenvalue weighted by Gasteiger charge is -2.30. The summed E-state index contributed by atoms with van der Waals surface area (Å²) in [7, 11) is 0. The fourth-order valence-corrected chi connectivity index (χ4v) is 2.48. The number of aromatic nitrogens is 2. The molecule has 2 aromatic heterocycles. The molecule has 1 atom stereocenters. The lowest BCUT2D eigenvalue weighted by molar-refractivity contribution is 0.345. The largest absolute Gasteiger partial charge is 0.364 e. The van der Waals surface area contributed by atoms with Crippen LogP contribution in [0.3, 0.4) is 0 Å². The van der Waals surface area contributed by atoms with E-state index < -0.39 is 0 Å². The van der Waals surface area contributed by atoms with Gasteiger partial charge in [0.2, 0.25) is 0 Å². The minimum Gasteiger partial charge on any atom is -0.364 e. The SMILES string of the molecule is CC(C)(C)C(CN)Nc1ncnc2ccsc12. The number of nitrogens with zero attached hydrogens (tertiary/aromatic N) is 2. The third-order valence-corrected chi connectivity index (χ3v) is 3.75. The highest BCUT2D eigenvalue weighted by molar-refractivity contribution is 7.17. The zero-order valence-electron chi connectivity index (χ0n) is 10.4. The monoisotopic (exact) mass is 250 g/mol. The maximum Gasteiger partial charge on any atom is 0.147 e. The second-order valence-corrected chi connectivity index (χ2v) is 6.07. The molecule has 5 heteroatoms. The number of nitrogens with one attached hydrogen (secondary N) is 1. The van der Waals surface area contributed by atoms with Crippen molar-refractivity contribution < 1.29 is 0 Å². The molecule has 1 unspecified atom stereocenters. The molecule has 0 aliphatic rings. The Morgan fingerprint density at radius 2 is 2.18 bits per heavy atom. The molecule has 0 amide bonds. The van der Waals surface area contributed by atoms with Crippen LogP contribution in [0.2, 0.25) is 0 Å². The van der Waals surface area contributed by atoms with Gasteiger partial charge in [-0.2, -0.15) is 0 Å². The molecular weight excluding hydrogens is 232 g/mol. The lowest BCUT2D eigenvalue weighted by Crippen LogP contribution is -2.40. The predicted molar refractivity (Wildman–Crippen MR) is 73.3 cm³/mol. The summed E-state index contributed by atoms with van der Waals surface area (Å²) in [5.41, 5.74) is 6.91. The van der Waals surface area contributed by atoms with Crippen molar-refractivity contribution in [3.05, 3.63) is 17.8 Å². The second kappa shape index (κ2) is 4.58. The van der Waals surface area contributed by atoms with Gasteiger partial charge in [-0.15, -0.1) is 11.3 Å². The van der Waals surface area contributed by atoms with E-state index in [9.17, 15) is 0 Å². The number of hydrogen-bond donors (Lipinski definition) is 2. The predicted octanol–water partition coefficient (Wildman–Crippen LogP) is 2.48. The highest BCUT2D eigenvalue weighted by Crippen LogP contribution is 2.28. The minimum absolute atomic E-state index is 0.100. The summed E-state index contributed by atoms with van der Waals surface area (Å²) in [6, 6.07) is 2.20. The highest BCUT2D eigenvalue weighted by atomic mass is 32.1. The summed E-state index contributed by atoms with van der Waals surface area (Å²) in [6.07, 6.45) is 1.59. The Labute approximate surface area is 105 Å². The van der Waals surface area contributed by atoms with Crippen molar-refractivity contribution in [2.24, 2.45) is 11.1 Å². The average molecular weight is 250 g/mol. The zero-order valence-corrected chi connectivity index (χ0v) is 11.2. The van der Waals surface area contributed by atoms with Crippen molar-refractivity contribution in [2.75, 3.05) is 11.9 Å². The van der Waals surface area contributed by atoms with E-state index >= 15 is 0 Å². The molecule has 0 bridgehead atoms. The van der Waals surface area contributed by atoms with Gasteiger partial charge >= 0.3 is 0 Å². The quantitative estimate of drug-likeness (QED) is 0.878. The Bertz CT molecular complexity index is 500. The number of fused-ring (bicyclic) bond motifs is 1. The number of thiophene rings is 1. The average Bonchev–Trinajstić information content (AvgIpc) is 2.72. The minimum atomic E-state index is 0.100. The fraction of sp³-hybridized carbons (Fsp3) is 0.500. The van der Waals surface area contributed by atoms with Crippen LogP contribution in [-0.4, -0.2) is 22.6 Å². The third-order valence-electron chi connectivity index (χ3n) is 2.84. The van der Waals surface area contributed by atoms with Gasteiger partial charge in [-0.05, 0) is 16.9 Å². The molecule has 0 radical (unpaired) electrons. The fourth-order valence-electron chi connectivity index (χ4n) is 1.69. The van der Waals surface area contributed by atoms with Gasteiger partial charge in [0.15, 0.2) is 0 Å². The Hall–Kier alpha value is -1.20. The first-order chi connectivity index (χ1) is 8.02. The second-order valence-electron chi connectivity index (χ2n) is 5.16. The smallest absolute Gasteiger partial charge is 0.147 e. The van der Waals surface area contributed by atoms with Crippen LogP contribution in [-0.2, 0) is 0 Å². The van der Waals surface area contributed by atoms with E-state index in [1.165, 1.54) is 0 Å². The highest BCUT2D eigenvalue weighted by Gasteiger charge is 2.24. The molecule has 0 saturated heterocycles. The van der Waals surface area contributed by atoms with Gasteiger partial charge in [-0.25, -0.2) is 9.97 Å². The first-order valence-electron chi connectivity index (χ1n) is 5.67. The van der Waals surface area contributed by atoms with Crippen molar-refractivity contribution in [2.45, 2.75) is 26.8 Å². The van der Waals surface area contributed by atoms with Crippen LogP contribution < -0.4 is 11.1 Å². The number of nitrogens with two attached hydrogens (primary N) is 1. The standard InChI is InChI=1S/C12H18N4S/c1-12(2,3)9(6-13)16-11-10-8(4-5-17-10)14-7-15-11/h4-5,7,9H,6,13H2,1-3H3,(H,14,15,16). The number of rotatable bonds is 3. The van der Waals surface area contributed by atoms with Gasteiger partial charge in [0.05, 0.1) is 10.2 Å². The van der Waals surface area contributed by atoms with Crippen LogP contribution in [0.4, 0.5) is 5.82 Å². The maximum absolute atomic E-state index is 5.82. The summed E-state index contributed by atoms with van der Waals surface area (Å²) in [5.74, 6) is 0.885. The molecule has 2 aromatic rings. The molecule has 0 aromatic carbocycles. The first kappa shape index (κ1) is 12.3. The van der Waals surface area contributed by atoms with Gasteiger partial charge in [0.1, 0.15) is 12.1 Å². The van der Waals surface area contributed by atoms with Crippen LogP contribution in [0.1, 0.15) is 20.8 Å². The number of anilines is 1. The first-order valence-corrected chi connectivity index (χ1v) is 6.55. The van der Waals surface area contributed by atoms with Gasteiger partial charge in [-0.1, -0.05) is 20.8 Å². The van der Waals surface area contributed by atoms with Crippen LogP contribution in [0.15, 0.2) is 17.8 Å². The molecular formula is C12H18N4S. The van der Waals surface area contributed by atoms with Crippen LogP contribution in [0.5, 0.6) is 0 Å². The Balaban J connectivity index is 2.31. The normalized spacial score (nSPS) is 13.9. The summed E-state index contributed by atoms with van der Waals surface area (Å²) in [5, 5.41) is 5.46. The third kappa shape index (κ3) is 2.56. The van der Waals surface area contributed by atoms with Gasteiger partial charge in [0, 0.05) is 12.6 Å². The van der Waals surface area contributed by atoms with Crippen molar-refractivity contribution in [3.8, 4) is 0 Å². The van der Waals surface area contributed by atoms with Crippen molar-refractivity contribution in [1.82, 2.24) is 9.97 Å². The van der Waals surface area contributed by atoms with Crippen molar-refractivity contribution in [1.29, 1.82) is 0 Å². The van der Waals surface area contributed by atoms with Crippen molar-refractivity contribution in [3.63, 3.8) is 0 Å². The van der Waals surface area contributed by atoms with E-state index in [0.29, 0.717) is 6.54 Å². The van der Waals surface area contributed by atoms with Crippen LogP contribution in [0.25, 0.3) is 10.2 Å². The Kier molecular flexibility index (Phi) is 3.31. The maximum atomic E-state index is 5.82. The summed E-state index contributed by atoms with van der Waals surface area (Å²) < 4.78 is 1.09. The molecule has 0 fully saturated rings. The summed E-state index contributed by atoms with van der Waals surface area (Å²) in [6.45, 7) is 7.10. The van der Waals surface area contributed by atoms with Crippen molar-refractivity contribution >= 4 is 27.4 Å². The van der Waals surface area contributed by atoms with Crippen LogP contribution >= 0.6 is 11.3 Å². The molecule has 0 saturated carbocycles. The van der Waals surface area contributed by atoms with E-state index in [4.69, 9.17) is 5.73 Å². The topological polar surface area (TPSA) is 63.8 Å².